The summed E-state index contributed by atoms with van der Waals surface area (Å²) in [5.41, 5.74) is 2.52. The fourth-order valence-corrected chi connectivity index (χ4v) is 2.46. The molecule has 1 rings (SSSR count). The summed E-state index contributed by atoms with van der Waals surface area (Å²) in [6, 6.07) is 4.00. The number of hydrogen-bond acceptors (Lipinski definition) is 3. The fourth-order valence-electron chi connectivity index (χ4n) is 1.44. The number of thioether (sulfide) groups is 1. The van der Waals surface area contributed by atoms with Crippen LogP contribution in [0.1, 0.15) is 17.5 Å². The zero-order valence-electron chi connectivity index (χ0n) is 8.80. The van der Waals surface area contributed by atoms with E-state index in [-0.39, 0.29) is 6.61 Å². The Kier molecular flexibility index (Phi) is 4.83. The maximum absolute atomic E-state index is 8.86. The average molecular weight is 288 g/mol. The minimum absolute atomic E-state index is 0.0264. The highest BCUT2D eigenvalue weighted by Crippen LogP contribution is 2.29. The number of benzene rings is 1. The number of aliphatic hydroxyl groups excluding tert-OH is 1. The standard InChI is InChI=1S/C11H14BrNOS/c1-7-8(12)3-4-10(15-2)11(7)9(13)5-6-14/h3-4,13-14H,5-6H2,1-2H3. The van der Waals surface area contributed by atoms with Crippen LogP contribution in [-0.4, -0.2) is 23.7 Å². The lowest BCUT2D eigenvalue weighted by atomic mass is 10.0. The minimum Gasteiger partial charge on any atom is -0.396 e. The lowest BCUT2D eigenvalue weighted by Gasteiger charge is -2.13. The summed E-state index contributed by atoms with van der Waals surface area (Å²) in [5, 5.41) is 16.8. The molecule has 1 aromatic rings. The van der Waals surface area contributed by atoms with Gasteiger partial charge in [-0.05, 0) is 30.9 Å². The lowest BCUT2D eigenvalue weighted by Crippen LogP contribution is -2.06. The molecule has 0 saturated carbocycles. The lowest BCUT2D eigenvalue weighted by molar-refractivity contribution is 0.307. The van der Waals surface area contributed by atoms with Crippen LogP contribution in [0.4, 0.5) is 0 Å². The van der Waals surface area contributed by atoms with Gasteiger partial charge < -0.3 is 10.5 Å². The van der Waals surface area contributed by atoms with Gasteiger partial charge in [0, 0.05) is 33.7 Å². The molecule has 0 amide bonds. The van der Waals surface area contributed by atoms with Crippen molar-refractivity contribution in [1.29, 1.82) is 5.41 Å². The van der Waals surface area contributed by atoms with Gasteiger partial charge >= 0.3 is 0 Å². The van der Waals surface area contributed by atoms with Crippen molar-refractivity contribution in [1.82, 2.24) is 0 Å². The van der Waals surface area contributed by atoms with E-state index in [1.54, 1.807) is 11.8 Å². The molecule has 0 aliphatic rings. The van der Waals surface area contributed by atoms with Gasteiger partial charge in [-0.2, -0.15) is 0 Å². The van der Waals surface area contributed by atoms with Crippen molar-refractivity contribution >= 4 is 33.4 Å². The van der Waals surface area contributed by atoms with Crippen molar-refractivity contribution in [3.05, 3.63) is 27.7 Å². The highest BCUT2D eigenvalue weighted by molar-refractivity contribution is 9.10. The molecule has 82 valence electrons. The van der Waals surface area contributed by atoms with Crippen molar-refractivity contribution in [2.45, 2.75) is 18.2 Å². The van der Waals surface area contributed by atoms with Gasteiger partial charge in [-0.15, -0.1) is 11.8 Å². The molecule has 0 heterocycles. The third kappa shape index (κ3) is 2.83. The summed E-state index contributed by atoms with van der Waals surface area (Å²) in [6.45, 7) is 2.02. The van der Waals surface area contributed by atoms with E-state index in [1.807, 2.05) is 25.3 Å². The molecule has 0 aromatic heterocycles. The molecular formula is C11H14BrNOS. The number of halogens is 1. The number of hydrogen-bond donors (Lipinski definition) is 2. The minimum atomic E-state index is 0.0264. The maximum atomic E-state index is 8.86. The SMILES string of the molecule is CSc1ccc(Br)c(C)c1C(=N)CCO. The number of rotatable bonds is 4. The van der Waals surface area contributed by atoms with E-state index in [4.69, 9.17) is 10.5 Å². The van der Waals surface area contributed by atoms with Gasteiger partial charge in [-0.25, -0.2) is 0 Å². The predicted molar refractivity (Wildman–Crippen MR) is 69.2 cm³/mol. The van der Waals surface area contributed by atoms with E-state index in [2.05, 4.69) is 15.9 Å². The highest BCUT2D eigenvalue weighted by Gasteiger charge is 2.12. The largest absolute Gasteiger partial charge is 0.396 e. The maximum Gasteiger partial charge on any atom is 0.0486 e. The molecule has 0 saturated heterocycles. The Morgan fingerprint density at radius 1 is 1.53 bits per heavy atom. The normalized spacial score (nSPS) is 10.4. The molecule has 0 atom stereocenters. The predicted octanol–water partition coefficient (Wildman–Crippen LogP) is 3.23. The van der Waals surface area contributed by atoms with Crippen molar-refractivity contribution in [2.75, 3.05) is 12.9 Å². The highest BCUT2D eigenvalue weighted by atomic mass is 79.9. The van der Waals surface area contributed by atoms with Gasteiger partial charge in [0.15, 0.2) is 0 Å². The van der Waals surface area contributed by atoms with Gasteiger partial charge in [0.25, 0.3) is 0 Å². The van der Waals surface area contributed by atoms with E-state index in [1.165, 1.54) is 0 Å². The first-order valence-electron chi connectivity index (χ1n) is 4.63. The first-order chi connectivity index (χ1) is 7.11. The van der Waals surface area contributed by atoms with Crippen LogP contribution in [0.3, 0.4) is 0 Å². The molecule has 0 bridgehead atoms. The molecule has 0 unspecified atom stereocenters. The molecule has 0 spiro atoms. The molecule has 2 N–H and O–H groups in total. The molecule has 0 aliphatic heterocycles. The van der Waals surface area contributed by atoms with Crippen LogP contribution >= 0.6 is 27.7 Å². The van der Waals surface area contributed by atoms with Gasteiger partial charge in [-0.1, -0.05) is 15.9 Å². The molecule has 4 heteroatoms. The third-order valence-electron chi connectivity index (χ3n) is 2.24. The van der Waals surface area contributed by atoms with E-state index >= 15 is 0 Å². The van der Waals surface area contributed by atoms with E-state index in [0.717, 1.165) is 20.5 Å². The Labute approximate surface area is 103 Å². The second-order valence-electron chi connectivity index (χ2n) is 3.20. The van der Waals surface area contributed by atoms with Crippen molar-refractivity contribution in [2.24, 2.45) is 0 Å². The molecule has 1 aromatic carbocycles. The monoisotopic (exact) mass is 287 g/mol. The Morgan fingerprint density at radius 3 is 2.73 bits per heavy atom. The number of nitrogens with one attached hydrogen (secondary N) is 1. The average Bonchev–Trinajstić information content (AvgIpc) is 2.22. The van der Waals surface area contributed by atoms with Crippen LogP contribution in [0.15, 0.2) is 21.5 Å². The summed E-state index contributed by atoms with van der Waals surface area (Å²) in [7, 11) is 0. The van der Waals surface area contributed by atoms with E-state index < -0.39 is 0 Å². The summed E-state index contributed by atoms with van der Waals surface area (Å²) < 4.78 is 1.01. The Bertz CT molecular complexity index is 379. The van der Waals surface area contributed by atoms with Crippen LogP contribution in [0.25, 0.3) is 0 Å². The smallest absolute Gasteiger partial charge is 0.0486 e. The van der Waals surface area contributed by atoms with Crippen LogP contribution in [0.5, 0.6) is 0 Å². The van der Waals surface area contributed by atoms with Gasteiger partial charge in [0.1, 0.15) is 0 Å². The summed E-state index contributed by atoms with van der Waals surface area (Å²) >= 11 is 5.09. The zero-order valence-corrected chi connectivity index (χ0v) is 11.2. The third-order valence-corrected chi connectivity index (χ3v) is 3.88. The van der Waals surface area contributed by atoms with Gasteiger partial charge in [-0.3, -0.25) is 0 Å². The molecule has 0 radical (unpaired) electrons. The fraction of sp³-hybridized carbons (Fsp3) is 0.364. The van der Waals surface area contributed by atoms with E-state index in [0.29, 0.717) is 12.1 Å². The zero-order chi connectivity index (χ0) is 11.4. The van der Waals surface area contributed by atoms with Crippen molar-refractivity contribution in [3.63, 3.8) is 0 Å². The summed E-state index contributed by atoms with van der Waals surface area (Å²) in [4.78, 5) is 1.09. The second-order valence-corrected chi connectivity index (χ2v) is 4.90. The van der Waals surface area contributed by atoms with Crippen LogP contribution in [-0.2, 0) is 0 Å². The van der Waals surface area contributed by atoms with Crippen molar-refractivity contribution < 1.29 is 5.11 Å². The quantitative estimate of drug-likeness (QED) is 0.660. The molecule has 15 heavy (non-hydrogen) atoms. The molecule has 2 nitrogen and oxygen atoms in total. The Balaban J connectivity index is 3.23. The van der Waals surface area contributed by atoms with E-state index in [9.17, 15) is 0 Å². The van der Waals surface area contributed by atoms with Crippen LogP contribution in [0.2, 0.25) is 0 Å². The molecule has 0 fully saturated rings. The van der Waals surface area contributed by atoms with Crippen molar-refractivity contribution in [3.8, 4) is 0 Å². The van der Waals surface area contributed by atoms with Gasteiger partial charge in [0.2, 0.25) is 0 Å². The van der Waals surface area contributed by atoms with Gasteiger partial charge in [0.05, 0.1) is 0 Å². The van der Waals surface area contributed by atoms with Crippen LogP contribution < -0.4 is 0 Å². The Morgan fingerprint density at radius 2 is 2.20 bits per heavy atom. The number of aliphatic hydroxyl groups is 1. The molecule has 0 aliphatic carbocycles. The Hall–Kier alpha value is -0.320. The topological polar surface area (TPSA) is 44.1 Å². The molecular weight excluding hydrogens is 274 g/mol. The summed E-state index contributed by atoms with van der Waals surface area (Å²) in [6.07, 6.45) is 2.41. The van der Waals surface area contributed by atoms with Crippen LogP contribution in [0, 0.1) is 12.3 Å². The summed E-state index contributed by atoms with van der Waals surface area (Å²) in [5.74, 6) is 0. The first-order valence-corrected chi connectivity index (χ1v) is 6.65. The second kappa shape index (κ2) is 5.68. The first kappa shape index (κ1) is 12.7.